The lowest BCUT2D eigenvalue weighted by Crippen LogP contribution is -2.74. The highest BCUT2D eigenvalue weighted by atomic mass is 35.5. The summed E-state index contributed by atoms with van der Waals surface area (Å²) in [4.78, 5) is 35.1. The first-order valence-corrected chi connectivity index (χ1v) is 25.8. The van der Waals surface area contributed by atoms with Gasteiger partial charge < -0.3 is 29.7 Å². The van der Waals surface area contributed by atoms with Crippen molar-refractivity contribution in [2.75, 3.05) is 55.6 Å². The maximum atomic E-state index is 14.8. The number of carbonyl (C=O) groups is 2. The van der Waals surface area contributed by atoms with E-state index < -0.39 is 17.3 Å². The van der Waals surface area contributed by atoms with Crippen LogP contribution in [0.5, 0.6) is 5.75 Å². The van der Waals surface area contributed by atoms with Crippen LogP contribution in [0.1, 0.15) is 118 Å². The van der Waals surface area contributed by atoms with Crippen LogP contribution in [-0.2, 0) is 31.2 Å². The van der Waals surface area contributed by atoms with Crippen molar-refractivity contribution < 1.29 is 23.1 Å². The molecule has 11 rings (SSSR count). The molecule has 2 amide bonds. The summed E-state index contributed by atoms with van der Waals surface area (Å²) in [7, 11) is 1.79. The molecule has 0 radical (unpaired) electrons. The number of nitrogens with one attached hydrogen (secondary N) is 1. The molecule has 72 heavy (non-hydrogen) atoms. The van der Waals surface area contributed by atoms with Gasteiger partial charge in [0.05, 0.1) is 29.4 Å². The SMILES string of the molecule is CC(=O)N1CCc2c(c(N3CCCc4cc(-c5cnn(C)c5)c(C(F)F)cc43)nn2C2CC3(CCN(CC4CN(c5ccc(C(=O)NC6C(C)(C)C(Oc7ccc(C#N)c(Cl)c7)C6(C)C)nn5)C4)CC3)C2)C1. The summed E-state index contributed by atoms with van der Waals surface area (Å²) in [5, 5.41) is 31.3. The minimum atomic E-state index is -2.65. The molecule has 7 heterocycles. The van der Waals surface area contributed by atoms with E-state index in [2.05, 4.69) is 73.8 Å². The van der Waals surface area contributed by atoms with Crippen molar-refractivity contribution in [2.24, 2.45) is 29.2 Å². The summed E-state index contributed by atoms with van der Waals surface area (Å²) in [5.74, 6) is 2.44. The number of aryl methyl sites for hydroxylation is 2. The molecule has 3 aromatic heterocycles. The quantitative estimate of drug-likeness (QED) is 0.135. The zero-order chi connectivity index (χ0) is 50.4. The normalized spacial score (nSPS) is 22.4. The van der Waals surface area contributed by atoms with Crippen molar-refractivity contribution >= 4 is 40.7 Å². The maximum absolute atomic E-state index is 14.8. The molecule has 18 heteroatoms. The van der Waals surface area contributed by atoms with Crippen LogP contribution >= 0.6 is 11.6 Å². The molecule has 2 aliphatic carbocycles. The monoisotopic (exact) mass is 1000 g/mol. The van der Waals surface area contributed by atoms with Crippen LogP contribution < -0.4 is 19.9 Å². The minimum Gasteiger partial charge on any atom is -0.489 e. The van der Waals surface area contributed by atoms with E-state index in [1.165, 1.54) is 5.69 Å². The summed E-state index contributed by atoms with van der Waals surface area (Å²) in [6.07, 6.45) is 7.36. The van der Waals surface area contributed by atoms with E-state index in [9.17, 15) is 23.6 Å². The summed E-state index contributed by atoms with van der Waals surface area (Å²) in [5.41, 5.74) is 5.37. The Hall–Kier alpha value is -6.12. The third kappa shape index (κ3) is 8.45. The third-order valence-corrected chi connectivity index (χ3v) is 17.4. The van der Waals surface area contributed by atoms with Gasteiger partial charge >= 0.3 is 0 Å². The predicted octanol–water partition coefficient (Wildman–Crippen LogP) is 8.69. The maximum Gasteiger partial charge on any atom is 0.272 e. The second-order valence-corrected chi connectivity index (χ2v) is 23.0. The highest BCUT2D eigenvalue weighted by Crippen LogP contribution is 2.57. The Balaban J connectivity index is 0.684. The standard InChI is InChI=1S/C54H63ClF2N12O3/c1-32(70)66-17-13-44-41(31-66)48(68-16-7-8-34-20-39(36-26-59-64(6)30-36)40(47(56)57)22-45(34)68)63-69(44)37-23-54(24-37)14-18-65(19-15-54)27-33-28-67(29-33)46-12-11-43(61-62-46)49(71)60-50-52(2,3)51(53(50,4)5)72-38-10-9-35(25-58)42(55)21-38/h9-12,20-22,26,30,33,37,47,50-51H,7-8,13-19,23-24,27-29,31H2,1-6H3,(H,60,71). The Morgan fingerprint density at radius 1 is 0.986 bits per heavy atom. The number of carbonyl (C=O) groups excluding carboxylic acids is 2. The summed E-state index contributed by atoms with van der Waals surface area (Å²) in [6.45, 7) is 16.6. The number of benzene rings is 2. The Morgan fingerprint density at radius 2 is 1.75 bits per heavy atom. The summed E-state index contributed by atoms with van der Waals surface area (Å²) >= 11 is 6.27. The van der Waals surface area contributed by atoms with Gasteiger partial charge in [0.25, 0.3) is 12.3 Å². The molecule has 15 nitrogen and oxygen atoms in total. The smallest absolute Gasteiger partial charge is 0.272 e. The zero-order valence-electron chi connectivity index (χ0n) is 42.0. The molecule has 4 aliphatic heterocycles. The molecule has 5 aromatic rings. The fourth-order valence-electron chi connectivity index (χ4n) is 13.5. The first kappa shape index (κ1) is 48.2. The molecule has 2 saturated heterocycles. The molecule has 2 saturated carbocycles. The van der Waals surface area contributed by atoms with E-state index in [1.54, 1.807) is 61.4 Å². The number of amides is 2. The molecular formula is C54H63ClF2N12O3. The topological polar surface area (TPSA) is 154 Å². The molecular weight excluding hydrogens is 938 g/mol. The third-order valence-electron chi connectivity index (χ3n) is 17.1. The number of rotatable bonds is 11. The van der Waals surface area contributed by atoms with Crippen LogP contribution in [0.25, 0.3) is 11.1 Å². The van der Waals surface area contributed by atoms with Gasteiger partial charge in [0.2, 0.25) is 5.91 Å². The number of likely N-dealkylation sites (tertiary alicyclic amines) is 1. The Labute approximate surface area is 424 Å². The Bertz CT molecular complexity index is 2940. The summed E-state index contributed by atoms with van der Waals surface area (Å²) < 4.78 is 39.8. The molecule has 6 aliphatic rings. The largest absolute Gasteiger partial charge is 0.489 e. The molecule has 1 N–H and O–H groups in total. The van der Waals surface area contributed by atoms with Crippen molar-refractivity contribution in [3.8, 4) is 22.9 Å². The van der Waals surface area contributed by atoms with Gasteiger partial charge in [0.1, 0.15) is 17.9 Å². The number of nitriles is 1. The van der Waals surface area contributed by atoms with Gasteiger partial charge in [0, 0.05) is 116 Å². The summed E-state index contributed by atoms with van der Waals surface area (Å²) in [6, 6.07) is 14.5. The van der Waals surface area contributed by atoms with Gasteiger partial charge in [-0.1, -0.05) is 39.3 Å². The minimum absolute atomic E-state index is 0.00785. The number of fused-ring (bicyclic) bond motifs is 2. The second kappa shape index (κ2) is 18.1. The van der Waals surface area contributed by atoms with E-state index in [0.717, 1.165) is 106 Å². The number of ether oxygens (including phenoxy) is 1. The van der Waals surface area contributed by atoms with E-state index >= 15 is 0 Å². The van der Waals surface area contributed by atoms with Crippen LogP contribution in [0.4, 0.5) is 26.1 Å². The lowest BCUT2D eigenvalue weighted by Gasteiger charge is -2.63. The second-order valence-electron chi connectivity index (χ2n) is 22.6. The number of piperidine rings is 1. The number of anilines is 3. The van der Waals surface area contributed by atoms with Gasteiger partial charge in [-0.05, 0) is 105 Å². The number of alkyl halides is 2. The predicted molar refractivity (Wildman–Crippen MR) is 269 cm³/mol. The van der Waals surface area contributed by atoms with Crippen LogP contribution in [0.15, 0.2) is 54.9 Å². The zero-order valence-corrected chi connectivity index (χ0v) is 42.7. The van der Waals surface area contributed by atoms with E-state index in [0.29, 0.717) is 53.0 Å². The van der Waals surface area contributed by atoms with Gasteiger partial charge in [0.15, 0.2) is 17.3 Å². The average molecular weight is 1000 g/mol. The number of hydrogen-bond acceptors (Lipinski definition) is 11. The van der Waals surface area contributed by atoms with Crippen LogP contribution in [0.2, 0.25) is 5.02 Å². The van der Waals surface area contributed by atoms with Crippen LogP contribution in [0.3, 0.4) is 0 Å². The fraction of sp³-hybridized carbons (Fsp3) is 0.537. The number of nitrogens with zero attached hydrogens (tertiary/aromatic N) is 11. The van der Waals surface area contributed by atoms with Gasteiger partial charge in [-0.2, -0.15) is 15.5 Å². The van der Waals surface area contributed by atoms with Crippen LogP contribution in [0, 0.1) is 33.5 Å². The number of hydrogen-bond donors (Lipinski definition) is 1. The molecule has 378 valence electrons. The first-order chi connectivity index (χ1) is 34.4. The highest BCUT2D eigenvalue weighted by molar-refractivity contribution is 6.31. The van der Waals surface area contributed by atoms with Crippen molar-refractivity contribution in [1.29, 1.82) is 5.26 Å². The average Bonchev–Trinajstić information content (AvgIpc) is 3.95. The van der Waals surface area contributed by atoms with E-state index in [4.69, 9.17) is 21.4 Å². The highest BCUT2D eigenvalue weighted by Gasteiger charge is 2.64. The van der Waals surface area contributed by atoms with E-state index in [-0.39, 0.29) is 46.7 Å². The van der Waals surface area contributed by atoms with Crippen molar-refractivity contribution in [2.45, 2.75) is 111 Å². The number of halogens is 3. The van der Waals surface area contributed by atoms with Gasteiger partial charge in [-0.25, -0.2) is 8.78 Å². The first-order valence-electron chi connectivity index (χ1n) is 25.5. The molecule has 0 atom stereocenters. The molecule has 0 bridgehead atoms. The Kier molecular flexibility index (Phi) is 12.1. The van der Waals surface area contributed by atoms with E-state index in [1.807, 2.05) is 17.0 Å². The lowest BCUT2D eigenvalue weighted by molar-refractivity contribution is -0.164. The Morgan fingerprint density at radius 3 is 2.40 bits per heavy atom. The lowest BCUT2D eigenvalue weighted by atomic mass is 9.49. The fourth-order valence-corrected chi connectivity index (χ4v) is 13.7. The molecule has 2 aromatic carbocycles. The molecule has 0 unspecified atom stereocenters. The number of aromatic nitrogens is 6. The van der Waals surface area contributed by atoms with Gasteiger partial charge in [-0.3, -0.25) is 19.0 Å². The van der Waals surface area contributed by atoms with Gasteiger partial charge in [-0.15, -0.1) is 10.2 Å². The molecule has 1 spiro atoms. The molecule has 4 fully saturated rings. The van der Waals surface area contributed by atoms with Crippen molar-refractivity contribution in [1.82, 2.24) is 44.9 Å². The van der Waals surface area contributed by atoms with Crippen molar-refractivity contribution in [3.05, 3.63) is 93.5 Å². The van der Waals surface area contributed by atoms with Crippen molar-refractivity contribution in [3.63, 3.8) is 0 Å². The van der Waals surface area contributed by atoms with Crippen LogP contribution in [-0.4, -0.2) is 109 Å².